The van der Waals surface area contributed by atoms with Crippen LogP contribution < -0.4 is 0 Å². The molecule has 1 heterocycles. The van der Waals surface area contributed by atoms with Crippen LogP contribution in [0.5, 0.6) is 0 Å². The molecule has 0 saturated carbocycles. The Bertz CT molecular complexity index is 480. The smallest absolute Gasteiger partial charge is 0.403 e. The van der Waals surface area contributed by atoms with Crippen LogP contribution in [0.1, 0.15) is 40.2 Å². The Morgan fingerprint density at radius 1 is 1.05 bits per heavy atom. The zero-order chi connectivity index (χ0) is 15.7. The highest BCUT2D eigenvalue weighted by Crippen LogP contribution is 2.40. The van der Waals surface area contributed by atoms with E-state index in [0.29, 0.717) is 0 Å². The van der Waals surface area contributed by atoms with Gasteiger partial charge in [0.05, 0.1) is 17.3 Å². The van der Waals surface area contributed by atoms with E-state index in [-0.39, 0.29) is 17.0 Å². The van der Waals surface area contributed by atoms with Gasteiger partial charge in [0.1, 0.15) is 0 Å². The van der Waals surface area contributed by atoms with E-state index in [4.69, 9.17) is 9.31 Å². The van der Waals surface area contributed by atoms with E-state index in [2.05, 4.69) is 0 Å². The predicted molar refractivity (Wildman–Crippen MR) is 87.0 cm³/mol. The minimum Gasteiger partial charge on any atom is -0.403 e. The first-order chi connectivity index (χ1) is 9.73. The van der Waals surface area contributed by atoms with E-state index < -0.39 is 13.2 Å². The van der Waals surface area contributed by atoms with Crippen molar-refractivity contribution in [1.82, 2.24) is 0 Å². The van der Waals surface area contributed by atoms with Crippen molar-refractivity contribution in [3.05, 3.63) is 42.0 Å². The Morgan fingerprint density at radius 2 is 1.57 bits per heavy atom. The molecule has 1 aromatic carbocycles. The van der Waals surface area contributed by atoms with Crippen LogP contribution in [0.2, 0.25) is 5.82 Å². The van der Waals surface area contributed by atoms with Gasteiger partial charge in [-0.3, -0.25) is 0 Å². The number of aliphatic hydroxyl groups is 1. The van der Waals surface area contributed by atoms with Crippen LogP contribution in [0, 0.1) is 0 Å². The summed E-state index contributed by atoms with van der Waals surface area (Å²) in [4.78, 5) is 0. The molecule has 2 rings (SSSR count). The number of hydrogen-bond acceptors (Lipinski definition) is 3. The Kier molecular flexibility index (Phi) is 4.62. The zero-order valence-corrected chi connectivity index (χ0v) is 13.5. The van der Waals surface area contributed by atoms with Gasteiger partial charge in [-0.05, 0) is 33.3 Å². The third kappa shape index (κ3) is 3.57. The van der Waals surface area contributed by atoms with Gasteiger partial charge in [0, 0.05) is 5.82 Å². The first-order valence-corrected chi connectivity index (χ1v) is 7.50. The predicted octanol–water partition coefficient (Wildman–Crippen LogP) is 3.54. The highest BCUT2D eigenvalue weighted by atomic mass is 16.7. The molecule has 21 heavy (non-hydrogen) atoms. The summed E-state index contributed by atoms with van der Waals surface area (Å²) < 4.78 is 12.0. The monoisotopic (exact) mass is 288 g/mol. The maximum absolute atomic E-state index is 10.3. The molecule has 1 N–H and O–H groups in total. The maximum Gasteiger partial charge on any atom is 0.463 e. The van der Waals surface area contributed by atoms with E-state index in [1.54, 1.807) is 6.08 Å². The third-order valence-corrected chi connectivity index (χ3v) is 4.52. The molecular formula is C17H25BO3. The fourth-order valence-corrected chi connectivity index (χ4v) is 2.21. The Hall–Kier alpha value is -1.10. The maximum atomic E-state index is 10.3. The molecule has 0 aromatic heterocycles. The average Bonchev–Trinajstić information content (AvgIpc) is 2.65. The number of benzene rings is 1. The quantitative estimate of drug-likeness (QED) is 0.861. The van der Waals surface area contributed by atoms with E-state index in [9.17, 15) is 5.11 Å². The van der Waals surface area contributed by atoms with Crippen molar-refractivity contribution < 1.29 is 14.4 Å². The SMILES string of the molecule is C[C@H](B1OC(C)(C)C(C)(C)O1)[C@@H](O)/C=C/c1ccccc1. The van der Waals surface area contributed by atoms with Crippen LogP contribution in [-0.2, 0) is 9.31 Å². The highest BCUT2D eigenvalue weighted by molar-refractivity contribution is 6.47. The van der Waals surface area contributed by atoms with Gasteiger partial charge < -0.3 is 14.4 Å². The summed E-state index contributed by atoms with van der Waals surface area (Å²) in [6.45, 7) is 10.0. The summed E-state index contributed by atoms with van der Waals surface area (Å²) in [5.41, 5.74) is 0.335. The first kappa shape index (κ1) is 16.3. The van der Waals surface area contributed by atoms with Gasteiger partial charge in [-0.15, -0.1) is 0 Å². The second-order valence-corrected chi connectivity index (χ2v) is 6.74. The summed E-state index contributed by atoms with van der Waals surface area (Å²) in [7, 11) is -0.398. The van der Waals surface area contributed by atoms with E-state index >= 15 is 0 Å². The number of rotatable bonds is 4. The molecule has 114 valence electrons. The second kappa shape index (κ2) is 5.95. The van der Waals surface area contributed by atoms with Crippen molar-refractivity contribution in [3.8, 4) is 0 Å². The van der Waals surface area contributed by atoms with Crippen molar-refractivity contribution in [3.63, 3.8) is 0 Å². The van der Waals surface area contributed by atoms with Crippen molar-refractivity contribution in [2.75, 3.05) is 0 Å². The van der Waals surface area contributed by atoms with Crippen molar-refractivity contribution >= 4 is 13.2 Å². The Morgan fingerprint density at radius 3 is 2.10 bits per heavy atom. The van der Waals surface area contributed by atoms with Gasteiger partial charge in [0.15, 0.2) is 0 Å². The summed E-state index contributed by atoms with van der Waals surface area (Å²) in [6, 6.07) is 9.93. The molecule has 0 radical (unpaired) electrons. The van der Waals surface area contributed by atoms with Crippen molar-refractivity contribution in [1.29, 1.82) is 0 Å². The average molecular weight is 288 g/mol. The third-order valence-electron chi connectivity index (χ3n) is 4.52. The topological polar surface area (TPSA) is 38.7 Å². The summed E-state index contributed by atoms with van der Waals surface area (Å²) in [6.07, 6.45) is 3.11. The lowest BCUT2D eigenvalue weighted by molar-refractivity contribution is 0.00578. The van der Waals surface area contributed by atoms with Crippen LogP contribution in [0.4, 0.5) is 0 Å². The fraction of sp³-hybridized carbons (Fsp3) is 0.529. The standard InChI is InChI=1S/C17H25BO3/c1-13(18-20-16(2,3)17(4,5)21-18)15(19)12-11-14-9-7-6-8-10-14/h6-13,15,19H,1-5H3/b12-11+/t13-,15-/m0/s1. The molecule has 0 bridgehead atoms. The van der Waals surface area contributed by atoms with Crippen molar-refractivity contribution in [2.24, 2.45) is 0 Å². The zero-order valence-electron chi connectivity index (χ0n) is 13.5. The number of hydrogen-bond donors (Lipinski definition) is 1. The molecule has 4 heteroatoms. The Balaban J connectivity index is 2.01. The molecule has 0 amide bonds. The molecule has 0 spiro atoms. The first-order valence-electron chi connectivity index (χ1n) is 7.50. The minimum absolute atomic E-state index is 0.133. The van der Waals surface area contributed by atoms with Gasteiger partial charge in [0.25, 0.3) is 0 Å². The highest BCUT2D eigenvalue weighted by Gasteiger charge is 2.53. The van der Waals surface area contributed by atoms with Gasteiger partial charge in [-0.2, -0.15) is 0 Å². The van der Waals surface area contributed by atoms with Gasteiger partial charge in [-0.25, -0.2) is 0 Å². The normalized spacial score (nSPS) is 23.4. The van der Waals surface area contributed by atoms with E-state index in [0.717, 1.165) is 5.56 Å². The molecule has 1 fully saturated rings. The molecule has 1 aliphatic heterocycles. The molecule has 3 nitrogen and oxygen atoms in total. The molecule has 0 aliphatic carbocycles. The molecular weight excluding hydrogens is 263 g/mol. The van der Waals surface area contributed by atoms with Crippen LogP contribution in [0.25, 0.3) is 6.08 Å². The van der Waals surface area contributed by atoms with Crippen LogP contribution in [0.15, 0.2) is 36.4 Å². The lowest BCUT2D eigenvalue weighted by atomic mass is 9.70. The van der Waals surface area contributed by atoms with E-state index in [1.165, 1.54) is 0 Å². The van der Waals surface area contributed by atoms with Gasteiger partial charge >= 0.3 is 7.12 Å². The molecule has 1 aromatic rings. The molecule has 1 aliphatic rings. The largest absolute Gasteiger partial charge is 0.463 e. The van der Waals surface area contributed by atoms with Gasteiger partial charge in [-0.1, -0.05) is 49.4 Å². The van der Waals surface area contributed by atoms with Crippen LogP contribution in [0.3, 0.4) is 0 Å². The van der Waals surface area contributed by atoms with Crippen molar-refractivity contribution in [2.45, 2.75) is 57.7 Å². The second-order valence-electron chi connectivity index (χ2n) is 6.74. The van der Waals surface area contributed by atoms with Crippen LogP contribution in [-0.4, -0.2) is 29.5 Å². The fourth-order valence-electron chi connectivity index (χ4n) is 2.21. The molecule has 0 unspecified atom stereocenters. The van der Waals surface area contributed by atoms with Crippen LogP contribution >= 0.6 is 0 Å². The lowest BCUT2D eigenvalue weighted by Gasteiger charge is -2.32. The summed E-state index contributed by atoms with van der Waals surface area (Å²) in [5.74, 6) is -0.133. The van der Waals surface area contributed by atoms with Gasteiger partial charge in [0.2, 0.25) is 0 Å². The molecule has 1 saturated heterocycles. The number of aliphatic hydroxyl groups excluding tert-OH is 1. The lowest BCUT2D eigenvalue weighted by Crippen LogP contribution is -2.41. The van der Waals surface area contributed by atoms with E-state index in [1.807, 2.05) is 71.0 Å². The Labute approximate surface area is 128 Å². The summed E-state index contributed by atoms with van der Waals surface area (Å²) in [5, 5.41) is 10.3. The molecule has 2 atom stereocenters. The summed E-state index contributed by atoms with van der Waals surface area (Å²) >= 11 is 0. The minimum atomic E-state index is -0.611.